The summed E-state index contributed by atoms with van der Waals surface area (Å²) in [5.74, 6) is 0.611. The average Bonchev–Trinajstić information content (AvgIpc) is 2.85. The molecular weight excluding hydrogens is 367 g/mol. The van der Waals surface area contributed by atoms with E-state index in [0.29, 0.717) is 18.4 Å². The van der Waals surface area contributed by atoms with Crippen molar-refractivity contribution in [3.8, 4) is 0 Å². The van der Waals surface area contributed by atoms with Crippen molar-refractivity contribution in [3.63, 3.8) is 0 Å². The summed E-state index contributed by atoms with van der Waals surface area (Å²) >= 11 is 5.02. The van der Waals surface area contributed by atoms with Crippen LogP contribution in [-0.2, 0) is 13.0 Å². The van der Waals surface area contributed by atoms with Gasteiger partial charge in [-0.1, -0.05) is 6.07 Å². The molecule has 0 spiro atoms. The zero-order valence-electron chi connectivity index (χ0n) is 11.6. The van der Waals surface area contributed by atoms with Crippen LogP contribution in [0.25, 0.3) is 0 Å². The Bertz CT molecular complexity index is 747. The Kier molecular flexibility index (Phi) is 3.46. The van der Waals surface area contributed by atoms with Crippen molar-refractivity contribution in [3.05, 3.63) is 55.9 Å². The summed E-state index contributed by atoms with van der Waals surface area (Å²) in [6.07, 6.45) is 0.862. The normalized spacial score (nSPS) is 24.5. The molecule has 4 rings (SSSR count). The van der Waals surface area contributed by atoms with Crippen LogP contribution in [-0.4, -0.2) is 12.1 Å². The van der Waals surface area contributed by atoms with Gasteiger partial charge in [-0.05, 0) is 63.7 Å². The second-order valence-corrected chi connectivity index (χ2v) is 8.34. The maximum Gasteiger partial charge on any atom is 0.315 e. The second kappa shape index (κ2) is 5.35. The predicted octanol–water partition coefficient (Wildman–Crippen LogP) is 3.79. The number of carbonyl (C=O) groups is 1. The molecule has 1 aromatic heterocycles. The molecule has 2 N–H and O–H groups in total. The van der Waals surface area contributed by atoms with E-state index in [1.54, 1.807) is 17.4 Å². The van der Waals surface area contributed by atoms with Gasteiger partial charge in [0.2, 0.25) is 0 Å². The highest BCUT2D eigenvalue weighted by Gasteiger charge is 2.56. The number of nitrogens with one attached hydrogen (secondary N) is 2. The smallest absolute Gasteiger partial charge is 0.315 e. The number of rotatable bonds is 3. The van der Waals surface area contributed by atoms with E-state index in [4.69, 9.17) is 0 Å². The highest BCUT2D eigenvalue weighted by atomic mass is 79.9. The van der Waals surface area contributed by atoms with Crippen LogP contribution >= 0.6 is 27.3 Å². The summed E-state index contributed by atoms with van der Waals surface area (Å²) in [5, 5.41) is 5.92. The number of hydrogen-bond donors (Lipinski definition) is 2. The molecule has 3 nitrogen and oxygen atoms in total. The van der Waals surface area contributed by atoms with E-state index in [2.05, 4.69) is 26.6 Å². The molecule has 1 saturated carbocycles. The van der Waals surface area contributed by atoms with Gasteiger partial charge in [-0.25, -0.2) is 9.18 Å². The molecule has 0 radical (unpaired) electrons. The van der Waals surface area contributed by atoms with Gasteiger partial charge in [0, 0.05) is 16.8 Å². The Morgan fingerprint density at radius 1 is 1.36 bits per heavy atom. The number of hydrogen-bond acceptors (Lipinski definition) is 2. The highest BCUT2D eigenvalue weighted by Crippen LogP contribution is 2.56. The Morgan fingerprint density at radius 3 is 3.00 bits per heavy atom. The van der Waals surface area contributed by atoms with Gasteiger partial charge in [0.05, 0.1) is 10.3 Å². The number of halogens is 2. The fourth-order valence-corrected chi connectivity index (χ4v) is 4.82. The molecular formula is C16H14BrFN2OS. The Balaban J connectivity index is 1.32. The number of thiophene rings is 1. The first kappa shape index (κ1) is 14.2. The fraction of sp³-hybridized carbons (Fsp3) is 0.312. The molecule has 22 heavy (non-hydrogen) atoms. The monoisotopic (exact) mass is 380 g/mol. The molecule has 0 bridgehead atoms. The van der Waals surface area contributed by atoms with E-state index < -0.39 is 0 Å². The van der Waals surface area contributed by atoms with Gasteiger partial charge in [0.25, 0.3) is 0 Å². The van der Waals surface area contributed by atoms with Crippen LogP contribution in [0.1, 0.15) is 21.9 Å². The van der Waals surface area contributed by atoms with Crippen LogP contribution in [0.5, 0.6) is 0 Å². The molecule has 6 heteroatoms. The maximum atomic E-state index is 13.2. The van der Waals surface area contributed by atoms with Gasteiger partial charge in [-0.2, -0.15) is 0 Å². The highest BCUT2D eigenvalue weighted by molar-refractivity contribution is 9.11. The molecule has 2 aromatic rings. The lowest BCUT2D eigenvalue weighted by Crippen LogP contribution is -2.37. The van der Waals surface area contributed by atoms with Crippen LogP contribution in [0.4, 0.5) is 9.18 Å². The van der Waals surface area contributed by atoms with Crippen LogP contribution in [0.15, 0.2) is 34.1 Å². The van der Waals surface area contributed by atoms with Crippen molar-refractivity contribution in [1.29, 1.82) is 0 Å². The standard InChI is InChI=1S/C16H14BrFN2OS/c17-13-4-2-10(22-13)7-19-16(21)20-15-12-6-8-5-9(18)1-3-11(8)14(12)15/h1-5,12,14-15H,6-7H2,(H2,19,20,21). The van der Waals surface area contributed by atoms with Crippen molar-refractivity contribution < 1.29 is 9.18 Å². The molecule has 3 atom stereocenters. The largest absolute Gasteiger partial charge is 0.334 e. The number of amides is 2. The summed E-state index contributed by atoms with van der Waals surface area (Å²) in [5.41, 5.74) is 2.29. The minimum atomic E-state index is -0.176. The van der Waals surface area contributed by atoms with Crippen molar-refractivity contribution >= 4 is 33.3 Å². The average molecular weight is 381 g/mol. The molecule has 2 amide bonds. The third kappa shape index (κ3) is 2.54. The lowest BCUT2D eigenvalue weighted by Gasteiger charge is -2.10. The van der Waals surface area contributed by atoms with Crippen molar-refractivity contribution in [2.45, 2.75) is 24.9 Å². The maximum absolute atomic E-state index is 13.2. The van der Waals surface area contributed by atoms with Crippen LogP contribution in [0, 0.1) is 11.7 Å². The van der Waals surface area contributed by atoms with Gasteiger partial charge in [-0.3, -0.25) is 0 Å². The molecule has 2 aliphatic rings. The molecule has 1 heterocycles. The first-order chi connectivity index (χ1) is 10.6. The van der Waals surface area contributed by atoms with Crippen molar-refractivity contribution in [2.75, 3.05) is 0 Å². The molecule has 2 aliphatic carbocycles. The minimum Gasteiger partial charge on any atom is -0.334 e. The van der Waals surface area contributed by atoms with E-state index in [1.165, 1.54) is 11.6 Å². The Morgan fingerprint density at radius 2 is 2.23 bits per heavy atom. The van der Waals surface area contributed by atoms with Crippen LogP contribution in [0.3, 0.4) is 0 Å². The predicted molar refractivity (Wildman–Crippen MR) is 87.5 cm³/mol. The van der Waals surface area contributed by atoms with Crippen molar-refractivity contribution in [2.24, 2.45) is 5.92 Å². The van der Waals surface area contributed by atoms with Gasteiger partial charge in [-0.15, -0.1) is 11.3 Å². The Hall–Kier alpha value is -1.40. The van der Waals surface area contributed by atoms with Gasteiger partial charge < -0.3 is 10.6 Å². The molecule has 3 unspecified atom stereocenters. The number of fused-ring (bicyclic) bond motifs is 3. The summed E-state index contributed by atoms with van der Waals surface area (Å²) in [6.45, 7) is 0.534. The second-order valence-electron chi connectivity index (χ2n) is 5.80. The van der Waals surface area contributed by atoms with Crippen LogP contribution < -0.4 is 10.6 Å². The molecule has 1 aromatic carbocycles. The number of benzene rings is 1. The topological polar surface area (TPSA) is 41.1 Å². The summed E-state index contributed by atoms with van der Waals surface area (Å²) in [4.78, 5) is 13.1. The first-order valence-electron chi connectivity index (χ1n) is 7.19. The van der Waals surface area contributed by atoms with E-state index in [0.717, 1.165) is 20.6 Å². The van der Waals surface area contributed by atoms with E-state index in [-0.39, 0.29) is 17.9 Å². The number of carbonyl (C=O) groups excluding carboxylic acids is 1. The van der Waals surface area contributed by atoms with Crippen molar-refractivity contribution in [1.82, 2.24) is 10.6 Å². The number of urea groups is 1. The molecule has 114 valence electrons. The molecule has 0 aliphatic heterocycles. The molecule has 1 fully saturated rings. The zero-order chi connectivity index (χ0) is 15.3. The zero-order valence-corrected chi connectivity index (χ0v) is 14.0. The quantitative estimate of drug-likeness (QED) is 0.835. The van der Waals surface area contributed by atoms with Gasteiger partial charge in [0.15, 0.2) is 0 Å². The van der Waals surface area contributed by atoms with Gasteiger partial charge in [0.1, 0.15) is 5.82 Å². The lowest BCUT2D eigenvalue weighted by molar-refractivity contribution is 0.239. The van der Waals surface area contributed by atoms with E-state index in [9.17, 15) is 9.18 Å². The van der Waals surface area contributed by atoms with Crippen LogP contribution in [0.2, 0.25) is 0 Å². The van der Waals surface area contributed by atoms with E-state index in [1.807, 2.05) is 18.2 Å². The SMILES string of the molecule is O=C(NCc1ccc(Br)s1)NC1C2Cc3cc(F)ccc3C21. The summed E-state index contributed by atoms with van der Waals surface area (Å²) in [7, 11) is 0. The van der Waals surface area contributed by atoms with E-state index >= 15 is 0 Å². The molecule has 0 saturated heterocycles. The fourth-order valence-electron chi connectivity index (χ4n) is 3.40. The first-order valence-corrected chi connectivity index (χ1v) is 8.79. The Labute approximate surface area is 140 Å². The third-order valence-corrected chi connectivity index (χ3v) is 6.06. The lowest BCUT2D eigenvalue weighted by atomic mass is 10.0. The summed E-state index contributed by atoms with van der Waals surface area (Å²) in [6, 6.07) is 9.00. The summed E-state index contributed by atoms with van der Waals surface area (Å²) < 4.78 is 14.3. The minimum absolute atomic E-state index is 0.132. The third-order valence-electron chi connectivity index (χ3n) is 4.44. The van der Waals surface area contributed by atoms with Gasteiger partial charge >= 0.3 is 6.03 Å².